The quantitative estimate of drug-likeness (QED) is 0.783. The van der Waals surface area contributed by atoms with E-state index in [1.165, 1.54) is 12.8 Å². The number of aromatic nitrogens is 4. The first-order chi connectivity index (χ1) is 9.36. The van der Waals surface area contributed by atoms with Crippen LogP contribution in [0.1, 0.15) is 36.5 Å². The van der Waals surface area contributed by atoms with Crippen molar-refractivity contribution in [3.8, 4) is 0 Å². The van der Waals surface area contributed by atoms with Gasteiger partial charge in [0.05, 0.1) is 12.6 Å². The van der Waals surface area contributed by atoms with Crippen molar-refractivity contribution >= 4 is 11.6 Å². The summed E-state index contributed by atoms with van der Waals surface area (Å²) >= 11 is 5.94. The molecule has 2 aromatic rings. The fraction of sp³-hybridized carbons (Fsp3) is 0.583. The molecule has 0 amide bonds. The van der Waals surface area contributed by atoms with Gasteiger partial charge in [0.2, 0.25) is 5.89 Å². The number of nitrogens with zero attached hydrogens (tertiary/aromatic N) is 4. The summed E-state index contributed by atoms with van der Waals surface area (Å²) in [7, 11) is 0. The summed E-state index contributed by atoms with van der Waals surface area (Å²) in [6.45, 7) is 1.28. The molecule has 1 N–H and O–H groups in total. The van der Waals surface area contributed by atoms with Crippen molar-refractivity contribution in [1.82, 2.24) is 25.2 Å². The molecule has 1 aliphatic carbocycles. The normalized spacial score (nSPS) is 16.7. The largest absolute Gasteiger partial charge is 0.338 e. The molecule has 0 spiro atoms. The van der Waals surface area contributed by atoms with Gasteiger partial charge in [-0.25, -0.2) is 0 Å². The summed E-state index contributed by atoms with van der Waals surface area (Å²) in [4.78, 5) is 4.36. The lowest BCUT2D eigenvalue weighted by atomic mass is 10.3. The van der Waals surface area contributed by atoms with E-state index in [1.54, 1.807) is 6.20 Å². The zero-order valence-corrected chi connectivity index (χ0v) is 11.3. The van der Waals surface area contributed by atoms with Crippen molar-refractivity contribution < 1.29 is 4.52 Å². The molecule has 0 saturated heterocycles. The van der Waals surface area contributed by atoms with Crippen LogP contribution in [0.25, 0.3) is 0 Å². The van der Waals surface area contributed by atoms with Crippen LogP contribution >= 0.6 is 11.6 Å². The summed E-state index contributed by atoms with van der Waals surface area (Å²) in [6, 6.07) is 2.02. The summed E-state index contributed by atoms with van der Waals surface area (Å²) in [5.74, 6) is 2.51. The molecule has 3 rings (SSSR count). The van der Waals surface area contributed by atoms with Crippen LogP contribution in [-0.2, 0) is 6.54 Å². The molecule has 6 nitrogen and oxygen atoms in total. The molecule has 2 heterocycles. The zero-order valence-electron chi connectivity index (χ0n) is 10.5. The first-order valence-corrected chi connectivity index (χ1v) is 6.98. The van der Waals surface area contributed by atoms with Crippen LogP contribution in [0.15, 0.2) is 23.0 Å². The Labute approximate surface area is 116 Å². The second-order valence-electron chi connectivity index (χ2n) is 4.75. The fourth-order valence-electron chi connectivity index (χ4n) is 1.91. The molecule has 19 heavy (non-hydrogen) atoms. The first kappa shape index (κ1) is 12.6. The topological polar surface area (TPSA) is 68.8 Å². The molecule has 1 saturated carbocycles. The van der Waals surface area contributed by atoms with E-state index in [0.29, 0.717) is 30.8 Å². The van der Waals surface area contributed by atoms with Crippen LogP contribution in [0.4, 0.5) is 0 Å². The third-order valence-corrected chi connectivity index (χ3v) is 3.52. The molecule has 102 valence electrons. The minimum atomic E-state index is 0.127. The van der Waals surface area contributed by atoms with Crippen LogP contribution in [0.3, 0.4) is 0 Å². The Bertz CT molecular complexity index is 508. The Morgan fingerprint density at radius 1 is 1.53 bits per heavy atom. The number of hydrogen-bond acceptors (Lipinski definition) is 5. The number of alkyl halides is 1. The van der Waals surface area contributed by atoms with Gasteiger partial charge in [0, 0.05) is 30.7 Å². The Hall–Kier alpha value is -1.40. The maximum atomic E-state index is 5.94. The minimum Gasteiger partial charge on any atom is -0.338 e. The van der Waals surface area contributed by atoms with Crippen molar-refractivity contribution in [3.05, 3.63) is 30.2 Å². The van der Waals surface area contributed by atoms with Crippen molar-refractivity contribution in [1.29, 1.82) is 0 Å². The molecule has 0 aliphatic heterocycles. The lowest BCUT2D eigenvalue weighted by Gasteiger charge is -2.14. The Morgan fingerprint density at radius 3 is 3.11 bits per heavy atom. The summed E-state index contributed by atoms with van der Waals surface area (Å²) in [6.07, 6.45) is 6.02. The van der Waals surface area contributed by atoms with Gasteiger partial charge in [0.25, 0.3) is 0 Å². The molecule has 1 fully saturated rings. The SMILES string of the molecule is ClCC(CNCc1nc(C2CC2)no1)n1cccn1. The molecule has 7 heteroatoms. The van der Waals surface area contributed by atoms with Crippen molar-refractivity contribution in [3.63, 3.8) is 0 Å². The van der Waals surface area contributed by atoms with Gasteiger partial charge in [-0.2, -0.15) is 10.1 Å². The maximum absolute atomic E-state index is 5.94. The van der Waals surface area contributed by atoms with Gasteiger partial charge in [-0.15, -0.1) is 11.6 Å². The van der Waals surface area contributed by atoms with Gasteiger partial charge in [-0.05, 0) is 18.9 Å². The highest BCUT2D eigenvalue weighted by Crippen LogP contribution is 2.37. The maximum Gasteiger partial charge on any atom is 0.240 e. The van der Waals surface area contributed by atoms with E-state index >= 15 is 0 Å². The van der Waals surface area contributed by atoms with Gasteiger partial charge in [0.15, 0.2) is 5.82 Å². The highest BCUT2D eigenvalue weighted by atomic mass is 35.5. The average Bonchev–Trinajstić information content (AvgIpc) is 2.94. The smallest absolute Gasteiger partial charge is 0.240 e. The van der Waals surface area contributed by atoms with E-state index in [2.05, 4.69) is 20.6 Å². The predicted molar refractivity (Wildman–Crippen MR) is 70.0 cm³/mol. The third-order valence-electron chi connectivity index (χ3n) is 3.16. The van der Waals surface area contributed by atoms with E-state index < -0.39 is 0 Å². The molecular formula is C12H16ClN5O. The monoisotopic (exact) mass is 281 g/mol. The molecule has 0 bridgehead atoms. The molecular weight excluding hydrogens is 266 g/mol. The Kier molecular flexibility index (Phi) is 3.79. The van der Waals surface area contributed by atoms with Gasteiger partial charge in [0.1, 0.15) is 0 Å². The van der Waals surface area contributed by atoms with E-state index in [9.17, 15) is 0 Å². The Morgan fingerprint density at radius 2 is 2.42 bits per heavy atom. The van der Waals surface area contributed by atoms with Crippen molar-refractivity contribution in [2.45, 2.75) is 31.3 Å². The van der Waals surface area contributed by atoms with Gasteiger partial charge >= 0.3 is 0 Å². The number of nitrogens with one attached hydrogen (secondary N) is 1. The van der Waals surface area contributed by atoms with Gasteiger partial charge < -0.3 is 9.84 Å². The molecule has 0 aromatic carbocycles. The van der Waals surface area contributed by atoms with Crippen LogP contribution in [0.5, 0.6) is 0 Å². The lowest BCUT2D eigenvalue weighted by molar-refractivity contribution is 0.355. The van der Waals surface area contributed by atoms with Crippen LogP contribution in [0.2, 0.25) is 0 Å². The molecule has 1 unspecified atom stereocenters. The van der Waals surface area contributed by atoms with Crippen molar-refractivity contribution in [2.24, 2.45) is 0 Å². The second kappa shape index (κ2) is 5.71. The highest BCUT2D eigenvalue weighted by Gasteiger charge is 2.28. The molecule has 1 aliphatic rings. The second-order valence-corrected chi connectivity index (χ2v) is 5.05. The summed E-state index contributed by atoms with van der Waals surface area (Å²) in [5, 5.41) is 11.4. The first-order valence-electron chi connectivity index (χ1n) is 6.45. The van der Waals surface area contributed by atoms with Crippen LogP contribution in [-0.4, -0.2) is 32.3 Å². The number of hydrogen-bond donors (Lipinski definition) is 1. The van der Waals surface area contributed by atoms with E-state index in [4.69, 9.17) is 16.1 Å². The van der Waals surface area contributed by atoms with Crippen LogP contribution < -0.4 is 5.32 Å². The fourth-order valence-corrected chi connectivity index (χ4v) is 2.16. The highest BCUT2D eigenvalue weighted by molar-refractivity contribution is 6.18. The standard InChI is InChI=1S/C12H16ClN5O/c13-6-10(18-5-1-4-15-18)7-14-8-11-16-12(17-19-11)9-2-3-9/h1,4-5,9-10,14H,2-3,6-8H2. The summed E-state index contributed by atoms with van der Waals surface area (Å²) < 4.78 is 7.04. The molecule has 0 radical (unpaired) electrons. The Balaban J connectivity index is 1.48. The number of rotatable bonds is 7. The van der Waals surface area contributed by atoms with Gasteiger partial charge in [-0.3, -0.25) is 4.68 Å². The zero-order chi connectivity index (χ0) is 13.1. The molecule has 1 atom stereocenters. The van der Waals surface area contributed by atoms with E-state index in [-0.39, 0.29) is 6.04 Å². The van der Waals surface area contributed by atoms with E-state index in [1.807, 2.05) is 16.9 Å². The third kappa shape index (κ3) is 3.13. The summed E-state index contributed by atoms with van der Waals surface area (Å²) in [5.41, 5.74) is 0. The van der Waals surface area contributed by atoms with E-state index in [0.717, 1.165) is 5.82 Å². The molecule has 2 aromatic heterocycles. The van der Waals surface area contributed by atoms with Crippen molar-refractivity contribution in [2.75, 3.05) is 12.4 Å². The minimum absolute atomic E-state index is 0.127. The number of halogens is 1. The van der Waals surface area contributed by atoms with Gasteiger partial charge in [-0.1, -0.05) is 5.16 Å². The van der Waals surface area contributed by atoms with Crippen LogP contribution in [0, 0.1) is 0 Å². The average molecular weight is 282 g/mol. The predicted octanol–water partition coefficient (Wildman–Crippen LogP) is 1.71. The lowest BCUT2D eigenvalue weighted by Crippen LogP contribution is -2.26.